The molecule has 3 saturated carbocycles. The number of hydrogen-bond donors (Lipinski definition) is 0. The van der Waals surface area contributed by atoms with Crippen molar-refractivity contribution in [2.45, 2.75) is 140 Å². The quantitative estimate of drug-likeness (QED) is 0.146. The van der Waals surface area contributed by atoms with Crippen molar-refractivity contribution in [2.24, 2.45) is 17.3 Å². The first kappa shape index (κ1) is 30.2. The van der Waals surface area contributed by atoms with Crippen molar-refractivity contribution < 1.29 is 38.0 Å². The standard InChI is InChI=1S/C32H52O8/c1-2-32(21-36-22-32)20-35-17-5-3-4-6-18-37-25-10-7-23(8-11-25)30(33)38-26-12-14-27(15-13-26)39-31(34)24-9-16-28-29(19-24)40-28/h23-29H,2-22H2,1H3. The van der Waals surface area contributed by atoms with Gasteiger partial charge in [0.1, 0.15) is 12.2 Å². The maximum Gasteiger partial charge on any atom is 0.309 e. The van der Waals surface area contributed by atoms with Crippen LogP contribution in [0.15, 0.2) is 0 Å². The molecule has 3 unspecified atom stereocenters. The Kier molecular flexibility index (Phi) is 11.2. The minimum absolute atomic E-state index is 0.00485. The molecule has 5 aliphatic rings. The molecule has 2 saturated heterocycles. The molecular weight excluding hydrogens is 512 g/mol. The first-order valence-corrected chi connectivity index (χ1v) is 16.4. The molecule has 0 aromatic rings. The summed E-state index contributed by atoms with van der Waals surface area (Å²) < 4.78 is 34.6. The minimum Gasteiger partial charge on any atom is -0.462 e. The number of unbranched alkanes of at least 4 members (excludes halogenated alkanes) is 3. The molecule has 228 valence electrons. The molecule has 0 radical (unpaired) electrons. The van der Waals surface area contributed by atoms with E-state index in [-0.39, 0.29) is 53.6 Å². The maximum absolute atomic E-state index is 12.8. The normalized spacial score (nSPS) is 34.8. The Labute approximate surface area is 240 Å². The Hall–Kier alpha value is -1.22. The summed E-state index contributed by atoms with van der Waals surface area (Å²) in [6.45, 7) is 6.40. The highest BCUT2D eigenvalue weighted by molar-refractivity contribution is 5.73. The van der Waals surface area contributed by atoms with Crippen molar-refractivity contribution in [1.29, 1.82) is 0 Å². The molecule has 8 nitrogen and oxygen atoms in total. The zero-order valence-electron chi connectivity index (χ0n) is 24.7. The lowest BCUT2D eigenvalue weighted by Gasteiger charge is -2.40. The Bertz CT molecular complexity index is 791. The van der Waals surface area contributed by atoms with Crippen LogP contribution in [0.5, 0.6) is 0 Å². The number of esters is 2. The minimum atomic E-state index is -0.0569. The molecule has 2 aliphatic heterocycles. The Morgan fingerprint density at radius 1 is 0.700 bits per heavy atom. The number of rotatable bonds is 15. The van der Waals surface area contributed by atoms with Gasteiger partial charge in [-0.3, -0.25) is 9.59 Å². The van der Waals surface area contributed by atoms with E-state index in [1.165, 1.54) is 12.8 Å². The van der Waals surface area contributed by atoms with Crippen molar-refractivity contribution in [3.05, 3.63) is 0 Å². The predicted octanol–water partition coefficient (Wildman–Crippen LogP) is 5.53. The van der Waals surface area contributed by atoms with E-state index in [1.807, 2.05) is 0 Å². The summed E-state index contributed by atoms with van der Waals surface area (Å²) in [4.78, 5) is 25.3. The first-order valence-electron chi connectivity index (χ1n) is 16.4. The van der Waals surface area contributed by atoms with Crippen molar-refractivity contribution in [2.75, 3.05) is 33.0 Å². The number of fused-ring (bicyclic) bond motifs is 1. The van der Waals surface area contributed by atoms with Crippen LogP contribution in [0.1, 0.15) is 110 Å². The second-order valence-corrected chi connectivity index (χ2v) is 13.2. The van der Waals surface area contributed by atoms with Crippen LogP contribution >= 0.6 is 0 Å². The van der Waals surface area contributed by atoms with Crippen LogP contribution in [0.3, 0.4) is 0 Å². The van der Waals surface area contributed by atoms with Crippen molar-refractivity contribution in [3.8, 4) is 0 Å². The fraction of sp³-hybridized carbons (Fsp3) is 0.938. The smallest absolute Gasteiger partial charge is 0.309 e. The maximum atomic E-state index is 12.8. The zero-order valence-corrected chi connectivity index (χ0v) is 24.7. The van der Waals surface area contributed by atoms with Gasteiger partial charge in [-0.2, -0.15) is 0 Å². The Morgan fingerprint density at radius 2 is 1.30 bits per heavy atom. The van der Waals surface area contributed by atoms with Gasteiger partial charge in [0.2, 0.25) is 0 Å². The fourth-order valence-corrected chi connectivity index (χ4v) is 6.85. The first-order chi connectivity index (χ1) is 19.5. The molecule has 0 N–H and O–H groups in total. The molecule has 0 amide bonds. The molecule has 3 atom stereocenters. The Morgan fingerprint density at radius 3 is 1.90 bits per heavy atom. The average molecular weight is 565 g/mol. The summed E-state index contributed by atoms with van der Waals surface area (Å²) in [7, 11) is 0. The molecule has 5 rings (SSSR count). The van der Waals surface area contributed by atoms with E-state index < -0.39 is 0 Å². The molecule has 0 aromatic carbocycles. The van der Waals surface area contributed by atoms with Gasteiger partial charge >= 0.3 is 11.9 Å². The lowest BCUT2D eigenvalue weighted by Crippen LogP contribution is -2.45. The van der Waals surface area contributed by atoms with Crippen LogP contribution in [-0.4, -0.2) is 75.5 Å². The molecule has 8 heteroatoms. The number of carbonyl (C=O) groups excluding carboxylic acids is 2. The van der Waals surface area contributed by atoms with Gasteiger partial charge < -0.3 is 28.4 Å². The lowest BCUT2D eigenvalue weighted by atomic mass is 9.84. The van der Waals surface area contributed by atoms with Gasteiger partial charge in [-0.1, -0.05) is 19.8 Å². The fourth-order valence-electron chi connectivity index (χ4n) is 6.85. The van der Waals surface area contributed by atoms with E-state index >= 15 is 0 Å². The molecular formula is C32H52O8. The zero-order chi connectivity index (χ0) is 27.8. The summed E-state index contributed by atoms with van der Waals surface area (Å²) in [6, 6.07) is 0. The number of hydrogen-bond acceptors (Lipinski definition) is 8. The van der Waals surface area contributed by atoms with Crippen molar-refractivity contribution in [1.82, 2.24) is 0 Å². The third-order valence-corrected chi connectivity index (χ3v) is 10.0. The average Bonchev–Trinajstić information content (AvgIpc) is 3.74. The summed E-state index contributed by atoms with van der Waals surface area (Å²) in [5.74, 6) is -0.112. The van der Waals surface area contributed by atoms with Crippen LogP contribution in [0, 0.1) is 17.3 Å². The molecule has 0 spiro atoms. The number of epoxide rings is 1. The van der Waals surface area contributed by atoms with Gasteiger partial charge in [0.25, 0.3) is 0 Å². The Balaban J connectivity index is 0.849. The van der Waals surface area contributed by atoms with E-state index in [1.54, 1.807) is 0 Å². The summed E-state index contributed by atoms with van der Waals surface area (Å²) >= 11 is 0. The number of ether oxygens (including phenoxy) is 6. The van der Waals surface area contributed by atoms with Crippen LogP contribution in [-0.2, 0) is 38.0 Å². The van der Waals surface area contributed by atoms with E-state index in [9.17, 15) is 9.59 Å². The van der Waals surface area contributed by atoms with Gasteiger partial charge in [0.15, 0.2) is 0 Å². The third kappa shape index (κ3) is 8.65. The van der Waals surface area contributed by atoms with Crippen LogP contribution in [0.25, 0.3) is 0 Å². The highest BCUT2D eigenvalue weighted by Crippen LogP contribution is 2.40. The molecule has 3 aliphatic carbocycles. The second-order valence-electron chi connectivity index (χ2n) is 13.2. The van der Waals surface area contributed by atoms with Crippen molar-refractivity contribution in [3.63, 3.8) is 0 Å². The van der Waals surface area contributed by atoms with E-state index in [4.69, 9.17) is 28.4 Å². The second kappa shape index (κ2) is 14.8. The van der Waals surface area contributed by atoms with Crippen LogP contribution in [0.2, 0.25) is 0 Å². The molecule has 0 bridgehead atoms. The van der Waals surface area contributed by atoms with Crippen LogP contribution < -0.4 is 0 Å². The monoisotopic (exact) mass is 564 g/mol. The molecule has 5 fully saturated rings. The number of carbonyl (C=O) groups is 2. The van der Waals surface area contributed by atoms with Crippen molar-refractivity contribution >= 4 is 11.9 Å². The summed E-state index contributed by atoms with van der Waals surface area (Å²) in [5.41, 5.74) is 0.284. The lowest BCUT2D eigenvalue weighted by molar-refractivity contribution is -0.164. The third-order valence-electron chi connectivity index (χ3n) is 10.0. The molecule has 40 heavy (non-hydrogen) atoms. The van der Waals surface area contributed by atoms with E-state index in [0.29, 0.717) is 6.10 Å². The highest BCUT2D eigenvalue weighted by Gasteiger charge is 2.46. The molecule has 2 heterocycles. The summed E-state index contributed by atoms with van der Waals surface area (Å²) in [5, 5.41) is 0. The summed E-state index contributed by atoms with van der Waals surface area (Å²) in [6.07, 6.45) is 15.9. The van der Waals surface area contributed by atoms with Gasteiger partial charge in [-0.05, 0) is 89.9 Å². The van der Waals surface area contributed by atoms with Gasteiger partial charge in [0.05, 0.1) is 50.0 Å². The van der Waals surface area contributed by atoms with E-state index in [0.717, 1.165) is 123 Å². The van der Waals surface area contributed by atoms with E-state index in [2.05, 4.69) is 6.92 Å². The SMILES string of the molecule is CCC1(COCCCCCCOC2CCC(C(=O)OC3CCC(OC(=O)C4CCC5OC5C4)CC3)CC2)COC1. The highest BCUT2D eigenvalue weighted by atomic mass is 16.6. The van der Waals surface area contributed by atoms with Gasteiger partial charge in [0, 0.05) is 18.6 Å². The predicted molar refractivity (Wildman–Crippen MR) is 149 cm³/mol. The topological polar surface area (TPSA) is 92.8 Å². The van der Waals surface area contributed by atoms with Crippen LogP contribution in [0.4, 0.5) is 0 Å². The molecule has 0 aromatic heterocycles. The van der Waals surface area contributed by atoms with Gasteiger partial charge in [-0.25, -0.2) is 0 Å². The van der Waals surface area contributed by atoms with Gasteiger partial charge in [-0.15, -0.1) is 0 Å². The largest absolute Gasteiger partial charge is 0.462 e.